The third-order valence-electron chi connectivity index (χ3n) is 2.30. The zero-order chi connectivity index (χ0) is 12.4. The Morgan fingerprint density at radius 2 is 1.94 bits per heavy atom. The van der Waals surface area contributed by atoms with Gasteiger partial charge >= 0.3 is 0 Å². The maximum atomic E-state index is 11.3. The van der Waals surface area contributed by atoms with Gasteiger partial charge in [-0.15, -0.1) is 0 Å². The first-order valence-electron chi connectivity index (χ1n) is 6.30. The standard InChI is InChI=1S/C13H27NO2/c1-5-6-10-16-11-12(15)14-9-7-8-13(2,3)4/h5-11H2,1-4H3,(H,14,15). The smallest absolute Gasteiger partial charge is 0.245 e. The lowest BCUT2D eigenvalue weighted by atomic mass is 9.91. The molecule has 96 valence electrons. The zero-order valence-corrected chi connectivity index (χ0v) is 11.3. The molecule has 0 atom stereocenters. The van der Waals surface area contributed by atoms with Crippen molar-refractivity contribution in [1.82, 2.24) is 5.32 Å². The van der Waals surface area contributed by atoms with E-state index in [-0.39, 0.29) is 12.5 Å². The molecule has 0 fully saturated rings. The highest BCUT2D eigenvalue weighted by atomic mass is 16.5. The van der Waals surface area contributed by atoms with Crippen molar-refractivity contribution >= 4 is 5.91 Å². The molecule has 0 aliphatic carbocycles. The van der Waals surface area contributed by atoms with Crippen LogP contribution < -0.4 is 5.32 Å². The molecule has 0 aliphatic rings. The molecule has 0 saturated carbocycles. The summed E-state index contributed by atoms with van der Waals surface area (Å²) in [6, 6.07) is 0. The molecule has 3 nitrogen and oxygen atoms in total. The first-order valence-corrected chi connectivity index (χ1v) is 6.30. The van der Waals surface area contributed by atoms with Gasteiger partial charge < -0.3 is 10.1 Å². The van der Waals surface area contributed by atoms with E-state index in [1.165, 1.54) is 0 Å². The Hall–Kier alpha value is -0.570. The second-order valence-electron chi connectivity index (χ2n) is 5.42. The van der Waals surface area contributed by atoms with E-state index in [4.69, 9.17) is 4.74 Å². The molecule has 0 unspecified atom stereocenters. The van der Waals surface area contributed by atoms with Gasteiger partial charge in [-0.2, -0.15) is 0 Å². The summed E-state index contributed by atoms with van der Waals surface area (Å²) < 4.78 is 5.22. The van der Waals surface area contributed by atoms with Gasteiger partial charge in [-0.05, 0) is 24.7 Å². The van der Waals surface area contributed by atoms with E-state index in [9.17, 15) is 4.79 Å². The Morgan fingerprint density at radius 3 is 2.50 bits per heavy atom. The Morgan fingerprint density at radius 1 is 1.25 bits per heavy atom. The molecule has 0 aromatic heterocycles. The second-order valence-corrected chi connectivity index (χ2v) is 5.42. The molecular formula is C13H27NO2. The van der Waals surface area contributed by atoms with E-state index >= 15 is 0 Å². The van der Waals surface area contributed by atoms with Crippen LogP contribution in [0.4, 0.5) is 0 Å². The van der Waals surface area contributed by atoms with Crippen molar-refractivity contribution in [3.05, 3.63) is 0 Å². The zero-order valence-electron chi connectivity index (χ0n) is 11.3. The third kappa shape index (κ3) is 11.5. The number of unbranched alkanes of at least 4 members (excludes halogenated alkanes) is 1. The van der Waals surface area contributed by atoms with Gasteiger partial charge in [0.2, 0.25) is 5.91 Å². The fourth-order valence-corrected chi connectivity index (χ4v) is 1.31. The molecule has 0 spiro atoms. The lowest BCUT2D eigenvalue weighted by Gasteiger charge is -2.17. The van der Waals surface area contributed by atoms with Crippen LogP contribution in [0.1, 0.15) is 53.4 Å². The molecule has 16 heavy (non-hydrogen) atoms. The molecular weight excluding hydrogens is 202 g/mol. The Kier molecular flexibility index (Phi) is 8.26. The average molecular weight is 229 g/mol. The third-order valence-corrected chi connectivity index (χ3v) is 2.30. The van der Waals surface area contributed by atoms with E-state index in [0.29, 0.717) is 12.0 Å². The summed E-state index contributed by atoms with van der Waals surface area (Å²) in [6.45, 7) is 10.4. The summed E-state index contributed by atoms with van der Waals surface area (Å²) in [7, 11) is 0. The highest BCUT2D eigenvalue weighted by molar-refractivity contribution is 5.77. The number of carbonyl (C=O) groups excluding carboxylic acids is 1. The summed E-state index contributed by atoms with van der Waals surface area (Å²) in [5.74, 6) is 0.00464. The lowest BCUT2D eigenvalue weighted by molar-refractivity contribution is -0.125. The molecule has 0 aromatic rings. The first kappa shape index (κ1) is 15.4. The molecule has 0 saturated heterocycles. The van der Waals surface area contributed by atoms with Crippen molar-refractivity contribution < 1.29 is 9.53 Å². The number of amides is 1. The summed E-state index contributed by atoms with van der Waals surface area (Å²) in [4.78, 5) is 11.3. The van der Waals surface area contributed by atoms with Crippen molar-refractivity contribution in [3.8, 4) is 0 Å². The van der Waals surface area contributed by atoms with Crippen molar-refractivity contribution in [3.63, 3.8) is 0 Å². The van der Waals surface area contributed by atoms with Gasteiger partial charge in [0.15, 0.2) is 0 Å². The van der Waals surface area contributed by atoms with Crippen molar-refractivity contribution in [2.45, 2.75) is 53.4 Å². The number of ether oxygens (including phenoxy) is 1. The highest BCUT2D eigenvalue weighted by Gasteiger charge is 2.09. The second kappa shape index (κ2) is 8.57. The minimum atomic E-state index is 0.00464. The van der Waals surface area contributed by atoms with Gasteiger partial charge in [0.25, 0.3) is 0 Å². The summed E-state index contributed by atoms with van der Waals surface area (Å²) >= 11 is 0. The topological polar surface area (TPSA) is 38.3 Å². The molecule has 0 bridgehead atoms. The number of nitrogens with one attached hydrogen (secondary N) is 1. The maximum Gasteiger partial charge on any atom is 0.245 e. The fourth-order valence-electron chi connectivity index (χ4n) is 1.31. The van der Waals surface area contributed by atoms with Crippen molar-refractivity contribution in [2.75, 3.05) is 19.8 Å². The first-order chi connectivity index (χ1) is 7.45. The van der Waals surface area contributed by atoms with E-state index in [2.05, 4.69) is 33.0 Å². The van der Waals surface area contributed by atoms with Gasteiger partial charge in [0.05, 0.1) is 0 Å². The average Bonchev–Trinajstić information content (AvgIpc) is 2.18. The molecule has 0 rings (SSSR count). The number of hydrogen-bond donors (Lipinski definition) is 1. The van der Waals surface area contributed by atoms with Crippen LogP contribution >= 0.6 is 0 Å². The largest absolute Gasteiger partial charge is 0.372 e. The molecule has 0 aromatic carbocycles. The van der Waals surface area contributed by atoms with Crippen LogP contribution in [0.5, 0.6) is 0 Å². The molecule has 0 radical (unpaired) electrons. The van der Waals surface area contributed by atoms with Crippen LogP contribution in [0.3, 0.4) is 0 Å². The molecule has 0 aliphatic heterocycles. The van der Waals surface area contributed by atoms with Gasteiger partial charge in [-0.3, -0.25) is 4.79 Å². The van der Waals surface area contributed by atoms with Gasteiger partial charge in [-0.25, -0.2) is 0 Å². The number of rotatable bonds is 8. The number of hydrogen-bond acceptors (Lipinski definition) is 2. The summed E-state index contributed by atoms with van der Waals surface area (Å²) in [5, 5.41) is 2.87. The minimum absolute atomic E-state index is 0.00464. The molecule has 1 amide bonds. The van der Waals surface area contributed by atoms with Crippen LogP contribution in [-0.4, -0.2) is 25.7 Å². The maximum absolute atomic E-state index is 11.3. The lowest BCUT2D eigenvalue weighted by Crippen LogP contribution is -2.29. The summed E-state index contributed by atoms with van der Waals surface area (Å²) in [6.07, 6.45) is 4.29. The predicted octanol–water partition coefficient (Wildman–Crippen LogP) is 2.75. The van der Waals surface area contributed by atoms with E-state index in [1.807, 2.05) is 0 Å². The molecule has 0 heterocycles. The van der Waals surface area contributed by atoms with Crippen molar-refractivity contribution in [2.24, 2.45) is 5.41 Å². The van der Waals surface area contributed by atoms with Gasteiger partial charge in [-0.1, -0.05) is 34.1 Å². The molecule has 1 N–H and O–H groups in total. The Labute approximate surface area is 99.9 Å². The minimum Gasteiger partial charge on any atom is -0.372 e. The normalized spacial score (nSPS) is 11.5. The highest BCUT2D eigenvalue weighted by Crippen LogP contribution is 2.19. The fraction of sp³-hybridized carbons (Fsp3) is 0.923. The van der Waals surface area contributed by atoms with Crippen LogP contribution in [0.15, 0.2) is 0 Å². The predicted molar refractivity (Wildman–Crippen MR) is 67.4 cm³/mol. The van der Waals surface area contributed by atoms with Crippen LogP contribution in [-0.2, 0) is 9.53 Å². The van der Waals surface area contributed by atoms with E-state index in [0.717, 1.165) is 32.2 Å². The van der Waals surface area contributed by atoms with E-state index in [1.54, 1.807) is 0 Å². The van der Waals surface area contributed by atoms with Crippen molar-refractivity contribution in [1.29, 1.82) is 0 Å². The Balaban J connectivity index is 3.31. The van der Waals surface area contributed by atoms with Crippen LogP contribution in [0.2, 0.25) is 0 Å². The monoisotopic (exact) mass is 229 g/mol. The summed E-state index contributed by atoms with van der Waals surface area (Å²) in [5.41, 5.74) is 0.350. The van der Waals surface area contributed by atoms with Gasteiger partial charge in [0, 0.05) is 13.2 Å². The quantitative estimate of drug-likeness (QED) is 0.650. The van der Waals surface area contributed by atoms with E-state index < -0.39 is 0 Å². The Bertz CT molecular complexity index is 185. The van der Waals surface area contributed by atoms with Crippen LogP contribution in [0, 0.1) is 5.41 Å². The van der Waals surface area contributed by atoms with Gasteiger partial charge in [0.1, 0.15) is 6.61 Å². The van der Waals surface area contributed by atoms with Crippen LogP contribution in [0.25, 0.3) is 0 Å². The number of carbonyl (C=O) groups is 1. The SMILES string of the molecule is CCCCOCC(=O)NCCCC(C)(C)C. The molecule has 3 heteroatoms.